The highest BCUT2D eigenvalue weighted by molar-refractivity contribution is 5.97. The summed E-state index contributed by atoms with van der Waals surface area (Å²) in [6.07, 6.45) is 1.60. The summed E-state index contributed by atoms with van der Waals surface area (Å²) in [6, 6.07) is 14.7. The Balaban J connectivity index is 1.98. The van der Waals surface area contributed by atoms with Gasteiger partial charge in [-0.2, -0.15) is 5.10 Å². The molecule has 5 heteroatoms. The van der Waals surface area contributed by atoms with Crippen molar-refractivity contribution in [2.24, 2.45) is 5.10 Å². The molecule has 2 aromatic carbocycles. The molecule has 0 saturated heterocycles. The maximum absolute atomic E-state index is 12.1. The van der Waals surface area contributed by atoms with Crippen molar-refractivity contribution in [3.8, 4) is 0 Å². The van der Waals surface area contributed by atoms with Gasteiger partial charge in [0.15, 0.2) is 0 Å². The minimum Gasteiger partial charge on any atom is -0.326 e. The van der Waals surface area contributed by atoms with E-state index in [1.165, 1.54) is 12.5 Å². The van der Waals surface area contributed by atoms with E-state index in [1.54, 1.807) is 30.5 Å². The molecule has 0 aromatic heterocycles. The van der Waals surface area contributed by atoms with Crippen LogP contribution in [0, 0.1) is 0 Å². The van der Waals surface area contributed by atoms with Gasteiger partial charge in [0.2, 0.25) is 5.91 Å². The zero-order valence-corrected chi connectivity index (χ0v) is 14.0. The molecule has 0 bridgehead atoms. The Bertz CT molecular complexity index is 749. The van der Waals surface area contributed by atoms with E-state index in [-0.39, 0.29) is 11.8 Å². The summed E-state index contributed by atoms with van der Waals surface area (Å²) in [5.74, 6) is -0.0424. The molecule has 5 nitrogen and oxygen atoms in total. The molecule has 0 unspecified atom stereocenters. The van der Waals surface area contributed by atoms with Crippen LogP contribution in [-0.4, -0.2) is 18.0 Å². The van der Waals surface area contributed by atoms with Crippen LogP contribution in [0.5, 0.6) is 0 Å². The number of benzene rings is 2. The summed E-state index contributed by atoms with van der Waals surface area (Å²) in [4.78, 5) is 23.1. The van der Waals surface area contributed by atoms with E-state index in [1.807, 2.05) is 24.3 Å². The van der Waals surface area contributed by atoms with Gasteiger partial charge in [0, 0.05) is 18.2 Å². The predicted molar refractivity (Wildman–Crippen MR) is 96.3 cm³/mol. The van der Waals surface area contributed by atoms with Crippen molar-refractivity contribution in [2.75, 3.05) is 5.32 Å². The van der Waals surface area contributed by atoms with E-state index in [9.17, 15) is 9.59 Å². The van der Waals surface area contributed by atoms with Crippen LogP contribution in [0.2, 0.25) is 0 Å². The van der Waals surface area contributed by atoms with Crippen LogP contribution in [0.1, 0.15) is 48.2 Å². The highest BCUT2D eigenvalue weighted by atomic mass is 16.2. The molecule has 2 aromatic rings. The number of hydrogen-bond donors (Lipinski definition) is 2. The lowest BCUT2D eigenvalue weighted by atomic mass is 10.0. The first-order valence-electron chi connectivity index (χ1n) is 7.76. The lowest BCUT2D eigenvalue weighted by Crippen LogP contribution is -2.18. The van der Waals surface area contributed by atoms with Crippen molar-refractivity contribution in [3.05, 3.63) is 65.2 Å². The maximum atomic E-state index is 12.1. The fourth-order valence-electron chi connectivity index (χ4n) is 2.14. The van der Waals surface area contributed by atoms with E-state index in [0.29, 0.717) is 17.2 Å². The zero-order chi connectivity index (χ0) is 17.5. The number of carbonyl (C=O) groups excluding carboxylic acids is 2. The number of amides is 2. The van der Waals surface area contributed by atoms with E-state index >= 15 is 0 Å². The summed E-state index contributed by atoms with van der Waals surface area (Å²) < 4.78 is 0. The topological polar surface area (TPSA) is 70.6 Å². The van der Waals surface area contributed by atoms with Gasteiger partial charge in [-0.1, -0.05) is 44.2 Å². The maximum Gasteiger partial charge on any atom is 0.271 e. The van der Waals surface area contributed by atoms with Crippen LogP contribution in [0.25, 0.3) is 0 Å². The third-order valence-electron chi connectivity index (χ3n) is 3.43. The smallest absolute Gasteiger partial charge is 0.271 e. The van der Waals surface area contributed by atoms with Crippen LogP contribution >= 0.6 is 0 Å². The molecule has 0 radical (unpaired) electrons. The third kappa shape index (κ3) is 5.05. The molecule has 0 aliphatic carbocycles. The molecule has 0 spiro atoms. The molecule has 2 N–H and O–H groups in total. The minimum absolute atomic E-state index is 0.185. The zero-order valence-electron chi connectivity index (χ0n) is 14.0. The van der Waals surface area contributed by atoms with Gasteiger partial charge < -0.3 is 5.32 Å². The van der Waals surface area contributed by atoms with Gasteiger partial charge in [0.1, 0.15) is 0 Å². The van der Waals surface area contributed by atoms with Gasteiger partial charge in [0.25, 0.3) is 5.91 Å². The van der Waals surface area contributed by atoms with Crippen LogP contribution < -0.4 is 10.7 Å². The second-order valence-corrected chi connectivity index (χ2v) is 5.78. The first kappa shape index (κ1) is 17.4. The fraction of sp³-hybridized carbons (Fsp3) is 0.211. The number of nitrogens with zero attached hydrogens (tertiary/aromatic N) is 1. The molecule has 0 aliphatic heterocycles. The number of rotatable bonds is 5. The molecular formula is C19H21N3O2. The number of hydrogen-bond acceptors (Lipinski definition) is 3. The Kier molecular flexibility index (Phi) is 5.84. The number of carbonyl (C=O) groups is 2. The summed E-state index contributed by atoms with van der Waals surface area (Å²) >= 11 is 0. The summed E-state index contributed by atoms with van der Waals surface area (Å²) in [5, 5.41) is 6.61. The molecule has 0 atom stereocenters. The standard InChI is InChI=1S/C19H21N3O2/c1-13(2)16-9-7-15(8-10-16)12-20-22-19(24)17-5-4-6-18(11-17)21-14(3)23/h4-13H,1-3H3,(H,21,23)(H,22,24)/b20-12-. The minimum atomic E-state index is -0.336. The second kappa shape index (κ2) is 8.06. The van der Waals surface area contributed by atoms with E-state index in [2.05, 4.69) is 29.7 Å². The first-order chi connectivity index (χ1) is 11.5. The summed E-state index contributed by atoms with van der Waals surface area (Å²) in [5.41, 5.74) is 5.64. The average Bonchev–Trinajstić information content (AvgIpc) is 2.55. The van der Waals surface area contributed by atoms with Gasteiger partial charge in [-0.15, -0.1) is 0 Å². The average molecular weight is 323 g/mol. The lowest BCUT2D eigenvalue weighted by Gasteiger charge is -2.05. The second-order valence-electron chi connectivity index (χ2n) is 5.78. The van der Waals surface area contributed by atoms with Crippen LogP contribution in [0.15, 0.2) is 53.6 Å². The molecule has 24 heavy (non-hydrogen) atoms. The van der Waals surface area contributed by atoms with Crippen molar-refractivity contribution in [3.63, 3.8) is 0 Å². The monoisotopic (exact) mass is 323 g/mol. The van der Waals surface area contributed by atoms with Crippen molar-refractivity contribution < 1.29 is 9.59 Å². The number of hydrazone groups is 1. The van der Waals surface area contributed by atoms with Gasteiger partial charge in [-0.25, -0.2) is 5.43 Å². The van der Waals surface area contributed by atoms with Gasteiger partial charge in [0.05, 0.1) is 6.21 Å². The SMILES string of the molecule is CC(=O)Nc1cccc(C(=O)N/N=C\c2ccc(C(C)C)cc2)c1. The molecule has 124 valence electrons. The van der Waals surface area contributed by atoms with Crippen LogP contribution in [-0.2, 0) is 4.79 Å². The fourth-order valence-corrected chi connectivity index (χ4v) is 2.14. The number of nitrogens with one attached hydrogen (secondary N) is 2. The van der Waals surface area contributed by atoms with Crippen molar-refractivity contribution in [2.45, 2.75) is 26.7 Å². The molecule has 0 fully saturated rings. The number of anilines is 1. The van der Waals surface area contributed by atoms with Gasteiger partial charge >= 0.3 is 0 Å². The quantitative estimate of drug-likeness (QED) is 0.653. The van der Waals surface area contributed by atoms with E-state index in [0.717, 1.165) is 5.56 Å². The van der Waals surface area contributed by atoms with Gasteiger partial charge in [-0.05, 0) is 35.2 Å². The Hall–Kier alpha value is -2.95. The molecule has 0 heterocycles. The van der Waals surface area contributed by atoms with Crippen molar-refractivity contribution in [1.29, 1.82) is 0 Å². The Morgan fingerprint density at radius 1 is 1.08 bits per heavy atom. The lowest BCUT2D eigenvalue weighted by molar-refractivity contribution is -0.114. The van der Waals surface area contributed by atoms with Crippen LogP contribution in [0.3, 0.4) is 0 Å². The molecule has 0 saturated carbocycles. The molecule has 0 aliphatic rings. The predicted octanol–water partition coefficient (Wildman–Crippen LogP) is 3.53. The van der Waals surface area contributed by atoms with E-state index in [4.69, 9.17) is 0 Å². The van der Waals surface area contributed by atoms with Crippen molar-refractivity contribution >= 4 is 23.7 Å². The largest absolute Gasteiger partial charge is 0.326 e. The normalized spacial score (nSPS) is 10.8. The Morgan fingerprint density at radius 2 is 1.79 bits per heavy atom. The van der Waals surface area contributed by atoms with E-state index < -0.39 is 0 Å². The molecular weight excluding hydrogens is 302 g/mol. The summed E-state index contributed by atoms with van der Waals surface area (Å²) in [7, 11) is 0. The van der Waals surface area contributed by atoms with Gasteiger partial charge in [-0.3, -0.25) is 9.59 Å². The molecule has 2 rings (SSSR count). The third-order valence-corrected chi connectivity index (χ3v) is 3.43. The van der Waals surface area contributed by atoms with Crippen LogP contribution in [0.4, 0.5) is 5.69 Å². The highest BCUT2D eigenvalue weighted by Gasteiger charge is 2.05. The highest BCUT2D eigenvalue weighted by Crippen LogP contribution is 2.14. The summed E-state index contributed by atoms with van der Waals surface area (Å²) in [6.45, 7) is 5.69. The van der Waals surface area contributed by atoms with Crippen molar-refractivity contribution in [1.82, 2.24) is 5.43 Å². The Morgan fingerprint density at radius 3 is 2.42 bits per heavy atom. The molecule has 2 amide bonds. The first-order valence-corrected chi connectivity index (χ1v) is 7.76. The Labute approximate surface area is 141 Å².